The van der Waals surface area contributed by atoms with Crippen LogP contribution in [0.4, 0.5) is 0 Å². The number of aryl methyl sites for hydroxylation is 1. The van der Waals surface area contributed by atoms with Crippen molar-refractivity contribution in [1.29, 1.82) is 0 Å². The van der Waals surface area contributed by atoms with E-state index in [1.807, 2.05) is 0 Å². The van der Waals surface area contributed by atoms with E-state index in [0.717, 1.165) is 11.5 Å². The van der Waals surface area contributed by atoms with E-state index in [9.17, 15) is 0 Å². The molecule has 0 saturated heterocycles. The monoisotopic (exact) mass is 752 g/mol. The van der Waals surface area contributed by atoms with Gasteiger partial charge in [-0.25, -0.2) is 4.57 Å². The number of hydrogen-bond donors (Lipinski definition) is 0. The van der Waals surface area contributed by atoms with Gasteiger partial charge >= 0.3 is 0 Å². The second-order valence-corrected chi connectivity index (χ2v) is 21.5. The predicted octanol–water partition coefficient (Wildman–Crippen LogP) is 13.1. The first-order chi connectivity index (χ1) is 26.6. The lowest BCUT2D eigenvalue weighted by atomic mass is 9.75. The van der Waals surface area contributed by atoms with Crippen LogP contribution >= 0.6 is 0 Å². The molecule has 0 aliphatic carbocycles. The van der Waals surface area contributed by atoms with Crippen molar-refractivity contribution in [2.45, 2.75) is 130 Å². The number of benzene rings is 4. The van der Waals surface area contributed by atoms with E-state index < -0.39 is 5.66 Å². The predicted molar refractivity (Wildman–Crippen MR) is 236 cm³/mol. The average Bonchev–Trinajstić information content (AvgIpc) is 3.60. The molecular weight excluding hydrogens is 695 g/mol. The number of allylic oxidation sites excluding steroid dienone is 2. The van der Waals surface area contributed by atoms with Gasteiger partial charge in [0.1, 0.15) is 22.6 Å². The highest BCUT2D eigenvalue weighted by molar-refractivity contribution is 6.12. The Morgan fingerprint density at radius 1 is 0.649 bits per heavy atom. The zero-order valence-electron chi connectivity index (χ0n) is 36.5. The molecule has 2 aromatic heterocycles. The van der Waals surface area contributed by atoms with E-state index in [4.69, 9.17) is 4.74 Å². The molecule has 4 aliphatic heterocycles. The van der Waals surface area contributed by atoms with Crippen molar-refractivity contribution in [2.75, 3.05) is 0 Å². The van der Waals surface area contributed by atoms with Crippen molar-refractivity contribution in [1.82, 2.24) is 9.47 Å². The van der Waals surface area contributed by atoms with Crippen LogP contribution in [-0.4, -0.2) is 9.47 Å². The Morgan fingerprint density at radius 3 is 1.98 bits per heavy atom. The zero-order valence-corrected chi connectivity index (χ0v) is 36.5. The molecule has 2 unspecified atom stereocenters. The molecule has 1 spiro atoms. The van der Waals surface area contributed by atoms with E-state index in [-0.39, 0.29) is 27.7 Å². The standard InChI is InChI=1S/C53H58N3O/c1-30-24-32(49(3,4)5)18-20-34(30)37-26-42-36-16-15-17-43-46(36)53(54(42)28-31(37)2)47-44(57-43)23-21-35-38-25-33(50(6,7)8)19-22-41(38)56(48(35)47)45-27-39(51(9,10)11)40(29-55(45)53)52(12,13)14/h15-29,42H,1-14H3/q+1. The summed E-state index contributed by atoms with van der Waals surface area (Å²) in [7, 11) is 0. The molecule has 4 heteroatoms. The fraction of sp³-hybridized carbons (Fsp3) is 0.377. The smallest absolute Gasteiger partial charge is 0.289 e. The van der Waals surface area contributed by atoms with Crippen LogP contribution in [0.15, 0.2) is 96.8 Å². The number of ether oxygens (including phenoxy) is 1. The van der Waals surface area contributed by atoms with Gasteiger partial charge in [0.2, 0.25) is 5.66 Å². The number of pyridine rings is 1. The molecule has 0 saturated carbocycles. The molecule has 6 aromatic rings. The van der Waals surface area contributed by atoms with Crippen molar-refractivity contribution < 1.29 is 9.30 Å². The second kappa shape index (κ2) is 11.1. The number of aromatic nitrogens is 2. The minimum absolute atomic E-state index is 0.00528. The molecule has 0 radical (unpaired) electrons. The maximum Gasteiger partial charge on any atom is 0.289 e. The van der Waals surface area contributed by atoms with Crippen molar-refractivity contribution in [3.05, 3.63) is 147 Å². The lowest BCUT2D eigenvalue weighted by Gasteiger charge is -2.46. The fourth-order valence-corrected chi connectivity index (χ4v) is 10.5. The molecule has 10 rings (SSSR count). The highest BCUT2D eigenvalue weighted by Crippen LogP contribution is 2.63. The largest absolute Gasteiger partial charge is 0.456 e. The summed E-state index contributed by atoms with van der Waals surface area (Å²) in [6.45, 7) is 32.6. The fourth-order valence-electron chi connectivity index (χ4n) is 10.5. The van der Waals surface area contributed by atoms with Crippen molar-refractivity contribution >= 4 is 27.4 Å². The Bertz CT molecular complexity index is 2830. The van der Waals surface area contributed by atoms with E-state index in [1.165, 1.54) is 88.8 Å². The van der Waals surface area contributed by atoms with Gasteiger partial charge in [0.05, 0.1) is 17.8 Å². The summed E-state index contributed by atoms with van der Waals surface area (Å²) in [6, 6.07) is 28.1. The van der Waals surface area contributed by atoms with Gasteiger partial charge in [-0.3, -0.25) is 0 Å². The number of fused-ring (bicyclic) bond motifs is 7. The third kappa shape index (κ3) is 4.76. The van der Waals surface area contributed by atoms with Crippen molar-refractivity contribution in [2.24, 2.45) is 0 Å². The van der Waals surface area contributed by atoms with Crippen LogP contribution in [0.25, 0.3) is 33.2 Å². The Hall–Kier alpha value is -5.09. The Kier molecular flexibility index (Phi) is 7.06. The normalized spacial score (nSPS) is 19.6. The molecule has 4 aromatic carbocycles. The van der Waals surface area contributed by atoms with Gasteiger partial charge in [-0.05, 0) is 116 Å². The van der Waals surface area contributed by atoms with Crippen LogP contribution in [0, 0.1) is 6.92 Å². The van der Waals surface area contributed by atoms with Gasteiger partial charge in [0.25, 0.3) is 5.82 Å². The third-order valence-corrected chi connectivity index (χ3v) is 13.5. The maximum atomic E-state index is 7.11. The van der Waals surface area contributed by atoms with Gasteiger partial charge < -0.3 is 9.64 Å². The molecule has 57 heavy (non-hydrogen) atoms. The molecule has 6 heterocycles. The van der Waals surface area contributed by atoms with E-state index in [2.05, 4.69) is 202 Å². The van der Waals surface area contributed by atoms with Gasteiger partial charge in [-0.2, -0.15) is 4.57 Å². The summed E-state index contributed by atoms with van der Waals surface area (Å²) in [4.78, 5) is 2.69. The Balaban J connectivity index is 1.35. The zero-order chi connectivity index (χ0) is 40.5. The maximum absolute atomic E-state index is 7.11. The summed E-state index contributed by atoms with van der Waals surface area (Å²) < 4.78 is 12.3. The van der Waals surface area contributed by atoms with Crippen LogP contribution in [0.5, 0.6) is 11.5 Å². The molecular formula is C53H58N3O+. The van der Waals surface area contributed by atoms with Crippen molar-refractivity contribution in [3.8, 4) is 17.3 Å². The van der Waals surface area contributed by atoms with Gasteiger partial charge in [0, 0.05) is 28.6 Å². The minimum Gasteiger partial charge on any atom is -0.456 e. The van der Waals surface area contributed by atoms with Gasteiger partial charge in [-0.1, -0.05) is 119 Å². The molecule has 4 nitrogen and oxygen atoms in total. The Labute approximate surface area is 339 Å². The van der Waals surface area contributed by atoms with Crippen LogP contribution < -0.4 is 9.30 Å². The lowest BCUT2D eigenvalue weighted by molar-refractivity contribution is -0.760. The average molecular weight is 753 g/mol. The van der Waals surface area contributed by atoms with E-state index >= 15 is 0 Å². The quantitative estimate of drug-likeness (QED) is 0.156. The highest BCUT2D eigenvalue weighted by atomic mass is 16.5. The number of nitrogens with zero attached hydrogens (tertiary/aromatic N) is 3. The first-order valence-electron chi connectivity index (χ1n) is 21.0. The molecule has 2 atom stereocenters. The Morgan fingerprint density at radius 2 is 1.32 bits per heavy atom. The molecule has 0 amide bonds. The van der Waals surface area contributed by atoms with Crippen LogP contribution in [0.1, 0.15) is 146 Å². The van der Waals surface area contributed by atoms with Crippen molar-refractivity contribution in [3.63, 3.8) is 0 Å². The van der Waals surface area contributed by atoms with Gasteiger partial charge in [0.15, 0.2) is 5.52 Å². The first-order valence-corrected chi connectivity index (χ1v) is 21.0. The van der Waals surface area contributed by atoms with Crippen LogP contribution in [-0.2, 0) is 27.3 Å². The minimum atomic E-state index is -0.693. The lowest BCUT2D eigenvalue weighted by Crippen LogP contribution is -2.68. The van der Waals surface area contributed by atoms with E-state index in [1.54, 1.807) is 0 Å². The second-order valence-electron chi connectivity index (χ2n) is 21.5. The molecule has 0 N–H and O–H groups in total. The van der Waals surface area contributed by atoms with Crippen LogP contribution in [0.3, 0.4) is 0 Å². The third-order valence-electron chi connectivity index (χ3n) is 13.5. The summed E-state index contributed by atoms with van der Waals surface area (Å²) >= 11 is 0. The summed E-state index contributed by atoms with van der Waals surface area (Å²) in [6.07, 6.45) is 7.56. The van der Waals surface area contributed by atoms with E-state index in [0.29, 0.717) is 0 Å². The first kappa shape index (κ1) is 36.3. The number of hydrogen-bond acceptors (Lipinski definition) is 2. The summed E-state index contributed by atoms with van der Waals surface area (Å²) in [5.74, 6) is 3.06. The van der Waals surface area contributed by atoms with Crippen LogP contribution in [0.2, 0.25) is 0 Å². The summed E-state index contributed by atoms with van der Waals surface area (Å²) in [5, 5.41) is 2.56. The molecule has 290 valence electrons. The molecule has 4 aliphatic rings. The highest BCUT2D eigenvalue weighted by Gasteiger charge is 2.65. The molecule has 0 fully saturated rings. The SMILES string of the molecule is CC1=CN2C(C=C1c1ccc(C(C)(C)C)cc1C)c1cccc3c1C21c2c(ccc4c5cc(C(C)(C)C)ccc5n(c24)-c2cc(C(C)(C)C)c(C(C)(C)C)c[n+]21)O3. The molecule has 0 bridgehead atoms. The summed E-state index contributed by atoms with van der Waals surface area (Å²) in [5.41, 5.74) is 16.2. The topological polar surface area (TPSA) is 21.3 Å². The number of rotatable bonds is 1. The van der Waals surface area contributed by atoms with Gasteiger partial charge in [-0.15, -0.1) is 0 Å².